The zero-order valence-corrected chi connectivity index (χ0v) is 12.7. The third-order valence-corrected chi connectivity index (χ3v) is 3.07. The van der Waals surface area contributed by atoms with Crippen molar-refractivity contribution < 1.29 is 4.39 Å². The molecule has 0 heterocycles. The molecule has 0 aliphatic carbocycles. The number of nitrogens with one attached hydrogen (secondary N) is 2. The lowest BCUT2D eigenvalue weighted by molar-refractivity contribution is 0.549. The van der Waals surface area contributed by atoms with Gasteiger partial charge in [-0.2, -0.15) is 0 Å². The fourth-order valence-corrected chi connectivity index (χ4v) is 1.96. The van der Waals surface area contributed by atoms with Crippen LogP contribution >= 0.6 is 0 Å². The maximum absolute atomic E-state index is 13.0. The molecule has 0 bridgehead atoms. The smallest absolute Gasteiger partial charge is 0.190 e. The van der Waals surface area contributed by atoms with Crippen LogP contribution in [0.2, 0.25) is 0 Å². The molecule has 0 aliphatic heterocycles. The lowest BCUT2D eigenvalue weighted by Crippen LogP contribution is -2.38. The average Bonchev–Trinajstić information content (AvgIpc) is 2.41. The van der Waals surface area contributed by atoms with Crippen molar-refractivity contribution in [1.29, 1.82) is 0 Å². The normalized spacial score (nSPS) is 11.8. The van der Waals surface area contributed by atoms with Gasteiger partial charge in [-0.3, -0.25) is 4.99 Å². The highest BCUT2D eigenvalue weighted by Gasteiger charge is 1.99. The quantitative estimate of drug-likeness (QED) is 0.457. The molecule has 1 aromatic rings. The monoisotopic (exact) mass is 279 g/mol. The Kier molecular flexibility index (Phi) is 7.70. The SMILES string of the molecule is CN=C(NCCCC(C)C)NCCc1cccc(F)c1. The number of nitrogens with zero attached hydrogens (tertiary/aromatic N) is 1. The number of rotatable bonds is 7. The molecule has 4 heteroatoms. The van der Waals surface area contributed by atoms with Crippen LogP contribution in [0.5, 0.6) is 0 Å². The average molecular weight is 279 g/mol. The number of hydrogen-bond acceptors (Lipinski definition) is 1. The molecular weight excluding hydrogens is 253 g/mol. The van der Waals surface area contributed by atoms with Crippen LogP contribution in [0.25, 0.3) is 0 Å². The van der Waals surface area contributed by atoms with Crippen LogP contribution in [0.15, 0.2) is 29.3 Å². The Morgan fingerprint density at radius 1 is 1.25 bits per heavy atom. The molecule has 0 saturated carbocycles. The van der Waals surface area contributed by atoms with Gasteiger partial charge in [0.05, 0.1) is 0 Å². The minimum absolute atomic E-state index is 0.182. The fraction of sp³-hybridized carbons (Fsp3) is 0.562. The van der Waals surface area contributed by atoms with Crippen LogP contribution in [0, 0.1) is 11.7 Å². The van der Waals surface area contributed by atoms with Gasteiger partial charge in [-0.25, -0.2) is 4.39 Å². The standard InChI is InChI=1S/C16H26FN3/c1-13(2)6-5-10-19-16(18-3)20-11-9-14-7-4-8-15(17)12-14/h4,7-8,12-13H,5-6,9-11H2,1-3H3,(H2,18,19,20). The second-order valence-electron chi connectivity index (χ2n) is 5.34. The van der Waals surface area contributed by atoms with Gasteiger partial charge in [0, 0.05) is 20.1 Å². The highest BCUT2D eigenvalue weighted by atomic mass is 19.1. The Morgan fingerprint density at radius 3 is 2.65 bits per heavy atom. The molecule has 112 valence electrons. The topological polar surface area (TPSA) is 36.4 Å². The van der Waals surface area contributed by atoms with E-state index in [-0.39, 0.29) is 5.82 Å². The summed E-state index contributed by atoms with van der Waals surface area (Å²) in [7, 11) is 1.76. The Balaban J connectivity index is 2.21. The molecule has 2 N–H and O–H groups in total. The summed E-state index contributed by atoms with van der Waals surface area (Å²) in [4.78, 5) is 4.17. The van der Waals surface area contributed by atoms with Crippen molar-refractivity contribution >= 4 is 5.96 Å². The molecule has 0 radical (unpaired) electrons. The maximum atomic E-state index is 13.0. The molecule has 0 saturated heterocycles. The van der Waals surface area contributed by atoms with E-state index < -0.39 is 0 Å². The highest BCUT2D eigenvalue weighted by molar-refractivity contribution is 5.79. The lowest BCUT2D eigenvalue weighted by atomic mass is 10.1. The molecule has 3 nitrogen and oxygen atoms in total. The maximum Gasteiger partial charge on any atom is 0.190 e. The Morgan fingerprint density at radius 2 is 2.00 bits per heavy atom. The fourth-order valence-electron chi connectivity index (χ4n) is 1.96. The number of guanidine groups is 1. The van der Waals surface area contributed by atoms with Crippen molar-refractivity contribution in [2.24, 2.45) is 10.9 Å². The first-order valence-electron chi connectivity index (χ1n) is 7.30. The van der Waals surface area contributed by atoms with E-state index in [4.69, 9.17) is 0 Å². The minimum Gasteiger partial charge on any atom is -0.356 e. The summed E-state index contributed by atoms with van der Waals surface area (Å²) in [5.74, 6) is 1.36. The van der Waals surface area contributed by atoms with Gasteiger partial charge in [0.25, 0.3) is 0 Å². The van der Waals surface area contributed by atoms with E-state index in [9.17, 15) is 4.39 Å². The van der Waals surface area contributed by atoms with Crippen molar-refractivity contribution in [2.45, 2.75) is 33.1 Å². The van der Waals surface area contributed by atoms with E-state index >= 15 is 0 Å². The predicted molar refractivity (Wildman–Crippen MR) is 83.5 cm³/mol. The number of hydrogen-bond donors (Lipinski definition) is 2. The summed E-state index contributed by atoms with van der Waals surface area (Å²) in [6.45, 7) is 6.13. The number of aliphatic imine (C=N–C) groups is 1. The largest absolute Gasteiger partial charge is 0.356 e. The van der Waals surface area contributed by atoms with Crippen LogP contribution in [0.3, 0.4) is 0 Å². The van der Waals surface area contributed by atoms with Gasteiger partial charge in [-0.15, -0.1) is 0 Å². The van der Waals surface area contributed by atoms with E-state index in [1.54, 1.807) is 19.2 Å². The molecule has 0 aliphatic rings. The van der Waals surface area contributed by atoms with E-state index in [1.807, 2.05) is 6.07 Å². The summed E-state index contributed by atoms with van der Waals surface area (Å²) in [6, 6.07) is 6.71. The van der Waals surface area contributed by atoms with Gasteiger partial charge in [0.15, 0.2) is 5.96 Å². The summed E-state index contributed by atoms with van der Waals surface area (Å²) in [5.41, 5.74) is 0.993. The van der Waals surface area contributed by atoms with E-state index in [2.05, 4.69) is 29.5 Å². The Labute approximate surface area is 121 Å². The molecule has 0 fully saturated rings. The molecule has 1 aromatic carbocycles. The molecule has 1 rings (SSSR count). The van der Waals surface area contributed by atoms with Crippen LogP contribution in [0.4, 0.5) is 4.39 Å². The van der Waals surface area contributed by atoms with Gasteiger partial charge < -0.3 is 10.6 Å². The summed E-state index contributed by atoms with van der Waals surface area (Å²) in [5, 5.41) is 6.53. The van der Waals surface area contributed by atoms with Gasteiger partial charge in [-0.05, 0) is 42.9 Å². The summed E-state index contributed by atoms with van der Waals surface area (Å²) < 4.78 is 13.0. The van der Waals surface area contributed by atoms with Crippen LogP contribution in [-0.4, -0.2) is 26.1 Å². The van der Waals surface area contributed by atoms with E-state index in [0.717, 1.165) is 43.4 Å². The van der Waals surface area contributed by atoms with E-state index in [0.29, 0.717) is 0 Å². The van der Waals surface area contributed by atoms with Crippen molar-refractivity contribution in [3.05, 3.63) is 35.6 Å². The predicted octanol–water partition coefficient (Wildman–Crippen LogP) is 2.97. The highest BCUT2D eigenvalue weighted by Crippen LogP contribution is 2.03. The molecule has 0 atom stereocenters. The minimum atomic E-state index is -0.182. The summed E-state index contributed by atoms with van der Waals surface area (Å²) >= 11 is 0. The first-order chi connectivity index (χ1) is 9.61. The second kappa shape index (κ2) is 9.34. The second-order valence-corrected chi connectivity index (χ2v) is 5.34. The van der Waals surface area contributed by atoms with Crippen molar-refractivity contribution in [1.82, 2.24) is 10.6 Å². The Hall–Kier alpha value is -1.58. The molecular formula is C16H26FN3. The third kappa shape index (κ3) is 7.12. The first-order valence-corrected chi connectivity index (χ1v) is 7.30. The lowest BCUT2D eigenvalue weighted by Gasteiger charge is -2.12. The zero-order chi connectivity index (χ0) is 14.8. The number of halogens is 1. The van der Waals surface area contributed by atoms with Crippen LogP contribution in [0.1, 0.15) is 32.3 Å². The zero-order valence-electron chi connectivity index (χ0n) is 12.7. The van der Waals surface area contributed by atoms with Crippen LogP contribution < -0.4 is 10.6 Å². The van der Waals surface area contributed by atoms with Crippen molar-refractivity contribution in [3.63, 3.8) is 0 Å². The van der Waals surface area contributed by atoms with E-state index in [1.165, 1.54) is 12.5 Å². The molecule has 0 spiro atoms. The summed E-state index contributed by atoms with van der Waals surface area (Å²) in [6.07, 6.45) is 3.14. The van der Waals surface area contributed by atoms with Crippen LogP contribution in [-0.2, 0) is 6.42 Å². The first kappa shape index (κ1) is 16.5. The third-order valence-electron chi connectivity index (χ3n) is 3.07. The van der Waals surface area contributed by atoms with Crippen molar-refractivity contribution in [3.8, 4) is 0 Å². The van der Waals surface area contributed by atoms with Gasteiger partial charge in [0.1, 0.15) is 5.82 Å². The van der Waals surface area contributed by atoms with Crippen molar-refractivity contribution in [2.75, 3.05) is 20.1 Å². The molecule has 0 aromatic heterocycles. The van der Waals surface area contributed by atoms with Gasteiger partial charge in [0.2, 0.25) is 0 Å². The molecule has 20 heavy (non-hydrogen) atoms. The molecule has 0 unspecified atom stereocenters. The number of benzene rings is 1. The molecule has 0 amide bonds. The Bertz CT molecular complexity index is 416. The van der Waals surface area contributed by atoms with Gasteiger partial charge >= 0.3 is 0 Å². The van der Waals surface area contributed by atoms with Gasteiger partial charge in [-0.1, -0.05) is 26.0 Å².